The average Bonchev–Trinajstić information content (AvgIpc) is 3.12. The molecule has 1 aliphatic heterocycles. The van der Waals surface area contributed by atoms with E-state index in [2.05, 4.69) is 15.2 Å². The number of hydrogen-bond donors (Lipinski definition) is 2. The number of rotatable bonds is 3. The van der Waals surface area contributed by atoms with Gasteiger partial charge in [0.1, 0.15) is 0 Å². The third-order valence-corrected chi connectivity index (χ3v) is 5.78. The first-order valence-electron chi connectivity index (χ1n) is 10.1. The minimum Gasteiger partial charge on any atom is -0.329 e. The number of carbonyl (C=O) groups is 1. The molecule has 154 valence electrons. The fraction of sp³-hybridized carbons (Fsp3) is 0.120. The quantitative estimate of drug-likeness (QED) is 0.425. The molecule has 1 amide bonds. The van der Waals surface area contributed by atoms with Gasteiger partial charge < -0.3 is 10.6 Å². The molecule has 5 rings (SSSR count). The summed E-state index contributed by atoms with van der Waals surface area (Å²) in [4.78, 5) is 18.3. The van der Waals surface area contributed by atoms with Gasteiger partial charge in [0.05, 0.1) is 22.6 Å². The summed E-state index contributed by atoms with van der Waals surface area (Å²) in [5.74, 6) is 0.540. The van der Waals surface area contributed by atoms with Gasteiger partial charge in [0, 0.05) is 16.4 Å². The van der Waals surface area contributed by atoms with Crippen molar-refractivity contribution in [1.29, 1.82) is 0 Å². The average molecular weight is 429 g/mol. The van der Waals surface area contributed by atoms with Gasteiger partial charge in [0.15, 0.2) is 0 Å². The molecule has 1 atom stereocenters. The number of imidazole rings is 1. The molecular weight excluding hydrogens is 408 g/mol. The van der Waals surface area contributed by atoms with E-state index < -0.39 is 0 Å². The fourth-order valence-electron chi connectivity index (χ4n) is 4.09. The Hall–Kier alpha value is -3.57. The lowest BCUT2D eigenvalue weighted by molar-refractivity contribution is -0.113. The van der Waals surface area contributed by atoms with Crippen LogP contribution in [0.4, 0.5) is 11.6 Å². The van der Waals surface area contributed by atoms with Crippen molar-refractivity contribution in [1.82, 2.24) is 9.55 Å². The summed E-state index contributed by atoms with van der Waals surface area (Å²) in [5.41, 5.74) is 6.01. The third kappa shape index (κ3) is 3.47. The van der Waals surface area contributed by atoms with Crippen LogP contribution in [0.25, 0.3) is 11.0 Å². The molecule has 0 spiro atoms. The predicted molar refractivity (Wildman–Crippen MR) is 125 cm³/mol. The predicted octanol–water partition coefficient (Wildman–Crippen LogP) is 5.93. The van der Waals surface area contributed by atoms with E-state index in [0.717, 1.165) is 33.5 Å². The zero-order valence-electron chi connectivity index (χ0n) is 17.2. The summed E-state index contributed by atoms with van der Waals surface area (Å²) in [7, 11) is 0. The number of halogens is 1. The van der Waals surface area contributed by atoms with E-state index in [1.54, 1.807) is 0 Å². The highest BCUT2D eigenvalue weighted by Gasteiger charge is 2.34. The molecule has 0 bridgehead atoms. The maximum atomic E-state index is 13.5. The van der Waals surface area contributed by atoms with E-state index in [0.29, 0.717) is 16.5 Å². The number of hydrogen-bond acceptors (Lipinski definition) is 3. The maximum absolute atomic E-state index is 13.5. The van der Waals surface area contributed by atoms with Crippen molar-refractivity contribution in [3.05, 3.63) is 100 Å². The van der Waals surface area contributed by atoms with E-state index >= 15 is 0 Å². The largest absolute Gasteiger partial charge is 0.329 e. The van der Waals surface area contributed by atoms with Crippen LogP contribution in [0.1, 0.15) is 24.1 Å². The van der Waals surface area contributed by atoms with Crippen LogP contribution >= 0.6 is 11.6 Å². The number of para-hydroxylation sites is 2. The van der Waals surface area contributed by atoms with E-state index in [4.69, 9.17) is 16.6 Å². The molecule has 1 aliphatic rings. The molecule has 5 nitrogen and oxygen atoms in total. The van der Waals surface area contributed by atoms with Crippen LogP contribution in [0.5, 0.6) is 0 Å². The lowest BCUT2D eigenvalue weighted by Gasteiger charge is -2.30. The summed E-state index contributed by atoms with van der Waals surface area (Å²) in [6.45, 7) is 3.93. The molecule has 0 aliphatic carbocycles. The summed E-state index contributed by atoms with van der Waals surface area (Å²) >= 11 is 6.33. The van der Waals surface area contributed by atoms with Crippen LogP contribution in [0.3, 0.4) is 0 Å². The summed E-state index contributed by atoms with van der Waals surface area (Å²) < 4.78 is 2.07. The summed E-state index contributed by atoms with van der Waals surface area (Å²) in [6.07, 6.45) is 0. The van der Waals surface area contributed by atoms with Crippen molar-refractivity contribution < 1.29 is 4.79 Å². The highest BCUT2D eigenvalue weighted by Crippen LogP contribution is 2.40. The molecule has 1 aromatic heterocycles. The van der Waals surface area contributed by atoms with Gasteiger partial charge in [-0.1, -0.05) is 53.6 Å². The van der Waals surface area contributed by atoms with Crippen molar-refractivity contribution in [3.63, 3.8) is 0 Å². The first kappa shape index (κ1) is 19.4. The van der Waals surface area contributed by atoms with E-state index in [1.807, 2.05) is 86.6 Å². The molecule has 0 fully saturated rings. The van der Waals surface area contributed by atoms with Crippen LogP contribution in [0.15, 0.2) is 84.1 Å². The Bertz CT molecular complexity index is 1340. The molecule has 3 aromatic carbocycles. The van der Waals surface area contributed by atoms with Gasteiger partial charge >= 0.3 is 0 Å². The Morgan fingerprint density at radius 2 is 1.81 bits per heavy atom. The standard InChI is InChI=1S/C25H21ClN4O/c1-15-10-12-19(13-11-15)28-24(31)22-16(2)27-25-29-20-8-3-4-9-21(20)30(25)23(22)17-6-5-7-18(26)14-17/h3-14,23H,1-2H3,(H,27,29)(H,28,31)/t23-/m1/s1. The van der Waals surface area contributed by atoms with Gasteiger partial charge in [-0.25, -0.2) is 4.98 Å². The van der Waals surface area contributed by atoms with Crippen LogP contribution in [-0.2, 0) is 4.79 Å². The second kappa shape index (κ2) is 7.60. The number of allylic oxidation sites excluding steroid dienone is 1. The van der Waals surface area contributed by atoms with Crippen molar-refractivity contribution >= 4 is 40.2 Å². The molecule has 0 saturated carbocycles. The normalized spacial score (nSPS) is 15.5. The van der Waals surface area contributed by atoms with Gasteiger partial charge in [-0.3, -0.25) is 9.36 Å². The first-order chi connectivity index (χ1) is 15.0. The number of benzene rings is 3. The lowest BCUT2D eigenvalue weighted by atomic mass is 9.94. The van der Waals surface area contributed by atoms with Crippen molar-refractivity contribution in [3.8, 4) is 0 Å². The molecule has 0 saturated heterocycles. The van der Waals surface area contributed by atoms with Gasteiger partial charge in [-0.05, 0) is 55.8 Å². The van der Waals surface area contributed by atoms with Gasteiger partial charge in [0.2, 0.25) is 5.95 Å². The van der Waals surface area contributed by atoms with E-state index in [1.165, 1.54) is 0 Å². The Morgan fingerprint density at radius 3 is 2.58 bits per heavy atom. The van der Waals surface area contributed by atoms with E-state index in [-0.39, 0.29) is 11.9 Å². The van der Waals surface area contributed by atoms with Crippen molar-refractivity contribution in [2.45, 2.75) is 19.9 Å². The molecule has 0 unspecified atom stereocenters. The number of fused-ring (bicyclic) bond motifs is 3. The summed E-state index contributed by atoms with van der Waals surface area (Å²) in [6, 6.07) is 23.0. The number of aromatic nitrogens is 2. The molecule has 2 N–H and O–H groups in total. The smallest absolute Gasteiger partial charge is 0.255 e. The highest BCUT2D eigenvalue weighted by molar-refractivity contribution is 6.30. The van der Waals surface area contributed by atoms with Crippen LogP contribution in [0.2, 0.25) is 5.02 Å². The van der Waals surface area contributed by atoms with Crippen molar-refractivity contribution in [2.24, 2.45) is 0 Å². The molecule has 0 radical (unpaired) electrons. The second-order valence-corrected chi connectivity index (χ2v) is 8.17. The number of nitrogens with zero attached hydrogens (tertiary/aromatic N) is 2. The SMILES string of the molecule is CC1=C(C(=O)Nc2ccc(C)cc2)[C@@H](c2cccc(Cl)c2)n2c(nc3ccccc32)N1. The van der Waals surface area contributed by atoms with Crippen LogP contribution in [0, 0.1) is 6.92 Å². The Morgan fingerprint density at radius 1 is 1.03 bits per heavy atom. The first-order valence-corrected chi connectivity index (χ1v) is 10.5. The number of aryl methyl sites for hydroxylation is 1. The zero-order chi connectivity index (χ0) is 21.5. The molecular formula is C25H21ClN4O. The number of carbonyl (C=O) groups excluding carboxylic acids is 1. The van der Waals surface area contributed by atoms with E-state index in [9.17, 15) is 4.79 Å². The Balaban J connectivity index is 1.66. The number of nitrogens with one attached hydrogen (secondary N) is 2. The van der Waals surface area contributed by atoms with Crippen molar-refractivity contribution in [2.75, 3.05) is 10.6 Å². The number of anilines is 2. The minimum atomic E-state index is -0.368. The van der Waals surface area contributed by atoms with Gasteiger partial charge in [-0.15, -0.1) is 0 Å². The molecule has 6 heteroatoms. The van der Waals surface area contributed by atoms with Crippen LogP contribution < -0.4 is 10.6 Å². The Labute approximate surface area is 185 Å². The fourth-order valence-corrected chi connectivity index (χ4v) is 4.28. The minimum absolute atomic E-state index is 0.165. The topological polar surface area (TPSA) is 59.0 Å². The molecule has 2 heterocycles. The van der Waals surface area contributed by atoms with Crippen LogP contribution in [-0.4, -0.2) is 15.5 Å². The third-order valence-electron chi connectivity index (χ3n) is 5.55. The van der Waals surface area contributed by atoms with Gasteiger partial charge in [0.25, 0.3) is 5.91 Å². The lowest BCUT2D eigenvalue weighted by Crippen LogP contribution is -2.30. The highest BCUT2D eigenvalue weighted by atomic mass is 35.5. The maximum Gasteiger partial charge on any atom is 0.255 e. The monoisotopic (exact) mass is 428 g/mol. The second-order valence-electron chi connectivity index (χ2n) is 7.74. The zero-order valence-corrected chi connectivity index (χ0v) is 17.9. The summed E-state index contributed by atoms with van der Waals surface area (Å²) in [5, 5.41) is 7.00. The molecule has 4 aromatic rings. The van der Waals surface area contributed by atoms with Gasteiger partial charge in [-0.2, -0.15) is 0 Å². The molecule has 31 heavy (non-hydrogen) atoms. The number of amides is 1. The Kier molecular flexibility index (Phi) is 4.75.